The van der Waals surface area contributed by atoms with E-state index < -0.39 is 0 Å². The van der Waals surface area contributed by atoms with Gasteiger partial charge in [0, 0.05) is 15.5 Å². The van der Waals surface area contributed by atoms with Crippen LogP contribution in [0.3, 0.4) is 0 Å². The number of rotatable bonds is 4. The molecule has 0 atom stereocenters. The maximum atomic E-state index is 12.5. The number of benzene rings is 2. The van der Waals surface area contributed by atoms with E-state index in [1.54, 1.807) is 4.68 Å². The Labute approximate surface area is 171 Å². The van der Waals surface area contributed by atoms with E-state index in [0.29, 0.717) is 16.3 Å². The summed E-state index contributed by atoms with van der Waals surface area (Å²) in [4.78, 5) is 12.5. The molecule has 0 aliphatic rings. The third-order valence-electron chi connectivity index (χ3n) is 4.41. The van der Waals surface area contributed by atoms with Crippen molar-refractivity contribution in [3.8, 4) is 5.69 Å². The zero-order chi connectivity index (χ0) is 19.7. The molecule has 2 aromatic heterocycles. The van der Waals surface area contributed by atoms with Crippen LogP contribution in [-0.4, -0.2) is 21.9 Å². The number of hydrazone groups is 1. The molecule has 0 bridgehead atoms. The summed E-state index contributed by atoms with van der Waals surface area (Å²) in [5.41, 5.74) is 6.61. The lowest BCUT2D eigenvalue weighted by Gasteiger charge is -2.03. The molecular formula is C21H17ClN4OS. The summed E-state index contributed by atoms with van der Waals surface area (Å²) >= 11 is 8.03. The van der Waals surface area contributed by atoms with E-state index in [0.717, 1.165) is 27.0 Å². The minimum atomic E-state index is -0.256. The summed E-state index contributed by atoms with van der Waals surface area (Å²) in [6, 6.07) is 15.7. The molecule has 2 heterocycles. The number of halogens is 1. The second-order valence-corrected chi connectivity index (χ2v) is 7.65. The maximum absolute atomic E-state index is 12.5. The first-order chi connectivity index (χ1) is 13.5. The zero-order valence-corrected chi connectivity index (χ0v) is 16.9. The number of aryl methyl sites for hydroxylation is 2. The smallest absolute Gasteiger partial charge is 0.267 e. The Morgan fingerprint density at radius 2 is 1.93 bits per heavy atom. The van der Waals surface area contributed by atoms with Gasteiger partial charge in [-0.05, 0) is 32.0 Å². The van der Waals surface area contributed by atoms with Crippen molar-refractivity contribution in [2.24, 2.45) is 5.10 Å². The fourth-order valence-corrected chi connectivity index (χ4v) is 4.15. The average molecular weight is 409 g/mol. The molecule has 4 aromatic rings. The van der Waals surface area contributed by atoms with Crippen LogP contribution in [0, 0.1) is 13.8 Å². The second-order valence-electron chi connectivity index (χ2n) is 6.38. The lowest BCUT2D eigenvalue weighted by atomic mass is 10.2. The number of amides is 1. The molecule has 0 spiro atoms. The maximum Gasteiger partial charge on any atom is 0.272 e. The molecule has 0 saturated heterocycles. The summed E-state index contributed by atoms with van der Waals surface area (Å²) in [5.74, 6) is -0.256. The fourth-order valence-electron chi connectivity index (χ4n) is 2.88. The largest absolute Gasteiger partial charge is 0.272 e. The molecule has 0 aliphatic heterocycles. The van der Waals surface area contributed by atoms with Crippen molar-refractivity contribution in [1.29, 1.82) is 0 Å². The van der Waals surface area contributed by atoms with Gasteiger partial charge < -0.3 is 0 Å². The first kappa shape index (κ1) is 18.4. The average Bonchev–Trinajstić information content (AvgIpc) is 3.25. The second kappa shape index (κ2) is 7.58. The van der Waals surface area contributed by atoms with Crippen LogP contribution < -0.4 is 5.43 Å². The highest BCUT2D eigenvalue weighted by Gasteiger charge is 2.14. The van der Waals surface area contributed by atoms with Crippen molar-refractivity contribution in [3.05, 3.63) is 81.4 Å². The van der Waals surface area contributed by atoms with Crippen LogP contribution in [-0.2, 0) is 0 Å². The van der Waals surface area contributed by atoms with Crippen LogP contribution in [0.15, 0.2) is 59.0 Å². The van der Waals surface area contributed by atoms with Gasteiger partial charge >= 0.3 is 0 Å². The highest BCUT2D eigenvalue weighted by molar-refractivity contribution is 7.17. The minimum Gasteiger partial charge on any atom is -0.267 e. The Hall–Kier alpha value is -2.96. The Morgan fingerprint density at radius 3 is 2.71 bits per heavy atom. The molecule has 2 aromatic carbocycles. The molecule has 0 fully saturated rings. The lowest BCUT2D eigenvalue weighted by molar-refractivity contribution is 0.0957. The Kier molecular flexibility index (Phi) is 4.98. The van der Waals surface area contributed by atoms with E-state index in [4.69, 9.17) is 11.6 Å². The summed E-state index contributed by atoms with van der Waals surface area (Å²) in [5, 5.41) is 11.8. The van der Waals surface area contributed by atoms with E-state index in [1.165, 1.54) is 17.6 Å². The highest BCUT2D eigenvalue weighted by Crippen LogP contribution is 2.25. The van der Waals surface area contributed by atoms with Crippen LogP contribution in [0.25, 0.3) is 15.8 Å². The number of carbonyl (C=O) groups is 1. The van der Waals surface area contributed by atoms with E-state index in [-0.39, 0.29) is 5.91 Å². The highest BCUT2D eigenvalue weighted by atomic mass is 35.5. The van der Waals surface area contributed by atoms with Gasteiger partial charge in [0.25, 0.3) is 5.91 Å². The minimum absolute atomic E-state index is 0.256. The third kappa shape index (κ3) is 3.44. The molecule has 1 N–H and O–H groups in total. The number of thiophene rings is 1. The molecule has 0 aliphatic carbocycles. The predicted molar refractivity (Wildman–Crippen MR) is 115 cm³/mol. The normalized spacial score (nSPS) is 11.4. The van der Waals surface area contributed by atoms with E-state index in [2.05, 4.69) is 15.6 Å². The van der Waals surface area contributed by atoms with Crippen LogP contribution in [0.1, 0.15) is 27.2 Å². The molecule has 140 valence electrons. The molecule has 5 nitrogen and oxygen atoms in total. The first-order valence-corrected chi connectivity index (χ1v) is 9.92. The van der Waals surface area contributed by atoms with Crippen LogP contribution in [0.4, 0.5) is 0 Å². The van der Waals surface area contributed by atoms with Gasteiger partial charge in [-0.25, -0.2) is 10.1 Å². The third-order valence-corrected chi connectivity index (χ3v) is 5.74. The topological polar surface area (TPSA) is 59.3 Å². The molecule has 0 saturated carbocycles. The van der Waals surface area contributed by atoms with Crippen molar-refractivity contribution in [1.82, 2.24) is 15.2 Å². The van der Waals surface area contributed by atoms with Crippen molar-refractivity contribution in [2.75, 3.05) is 0 Å². The van der Waals surface area contributed by atoms with Gasteiger partial charge in [0.2, 0.25) is 0 Å². The van der Waals surface area contributed by atoms with E-state index >= 15 is 0 Å². The predicted octanol–water partition coefficient (Wildman–Crippen LogP) is 5.12. The Bertz CT molecular complexity index is 1190. The standard InChI is InChI=1S/C21H17ClN4OS/c1-13-7-9-15(10-8-13)26-20(22)17(14(2)25-26)11-23-24-21(27)18-12-28-19-6-4-3-5-16(18)19/h3-12H,1-2H3,(H,24,27)/b23-11-. The lowest BCUT2D eigenvalue weighted by Crippen LogP contribution is -2.17. The van der Waals surface area contributed by atoms with Gasteiger partial charge in [0.15, 0.2) is 0 Å². The fraction of sp³-hybridized carbons (Fsp3) is 0.0952. The number of hydrogen-bond donors (Lipinski definition) is 1. The number of nitrogens with zero attached hydrogens (tertiary/aromatic N) is 3. The molecular weight excluding hydrogens is 392 g/mol. The summed E-state index contributed by atoms with van der Waals surface area (Å²) in [6.45, 7) is 3.88. The van der Waals surface area contributed by atoms with Gasteiger partial charge in [-0.2, -0.15) is 10.2 Å². The van der Waals surface area contributed by atoms with Crippen molar-refractivity contribution in [3.63, 3.8) is 0 Å². The molecule has 0 radical (unpaired) electrons. The number of fused-ring (bicyclic) bond motifs is 1. The SMILES string of the molecule is Cc1ccc(-n2nc(C)c(/C=N\NC(=O)c3csc4ccccc34)c2Cl)cc1. The Balaban J connectivity index is 1.55. The molecule has 7 heteroatoms. The summed E-state index contributed by atoms with van der Waals surface area (Å²) in [6.07, 6.45) is 1.53. The quantitative estimate of drug-likeness (QED) is 0.376. The van der Waals surface area contributed by atoms with Crippen LogP contribution in [0.2, 0.25) is 5.15 Å². The van der Waals surface area contributed by atoms with Crippen LogP contribution >= 0.6 is 22.9 Å². The van der Waals surface area contributed by atoms with Gasteiger partial charge in [-0.15, -0.1) is 11.3 Å². The van der Waals surface area contributed by atoms with Gasteiger partial charge in [0.1, 0.15) is 5.15 Å². The number of hydrogen-bond acceptors (Lipinski definition) is 4. The molecule has 0 unspecified atom stereocenters. The molecule has 4 rings (SSSR count). The summed E-state index contributed by atoms with van der Waals surface area (Å²) < 4.78 is 2.72. The number of aromatic nitrogens is 2. The van der Waals surface area contributed by atoms with Crippen molar-refractivity contribution < 1.29 is 4.79 Å². The monoisotopic (exact) mass is 408 g/mol. The van der Waals surface area contributed by atoms with Crippen molar-refractivity contribution in [2.45, 2.75) is 13.8 Å². The summed E-state index contributed by atoms with van der Waals surface area (Å²) in [7, 11) is 0. The van der Waals surface area contributed by atoms with Crippen molar-refractivity contribution >= 4 is 45.1 Å². The van der Waals surface area contributed by atoms with Gasteiger partial charge in [0.05, 0.1) is 28.7 Å². The molecule has 28 heavy (non-hydrogen) atoms. The Morgan fingerprint density at radius 1 is 1.18 bits per heavy atom. The van der Waals surface area contributed by atoms with Crippen LogP contribution in [0.5, 0.6) is 0 Å². The first-order valence-electron chi connectivity index (χ1n) is 8.66. The van der Waals surface area contributed by atoms with Gasteiger partial charge in [-0.3, -0.25) is 4.79 Å². The zero-order valence-electron chi connectivity index (χ0n) is 15.3. The van der Waals surface area contributed by atoms with Gasteiger partial charge in [-0.1, -0.05) is 47.5 Å². The van der Waals surface area contributed by atoms with E-state index in [9.17, 15) is 4.79 Å². The number of nitrogens with one attached hydrogen (secondary N) is 1. The number of carbonyl (C=O) groups excluding carboxylic acids is 1. The van der Waals surface area contributed by atoms with E-state index in [1.807, 2.05) is 67.8 Å². The molecule has 1 amide bonds.